The average Bonchev–Trinajstić information content (AvgIpc) is 2.52. The number of ether oxygens (including phenoxy) is 1. The van der Waals surface area contributed by atoms with Crippen LogP contribution in [0.25, 0.3) is 0 Å². The van der Waals surface area contributed by atoms with E-state index in [0.29, 0.717) is 0 Å². The van der Waals surface area contributed by atoms with E-state index in [2.05, 4.69) is 34.7 Å². The Morgan fingerprint density at radius 3 is 2.92 bits per heavy atom. The molecule has 1 aromatic rings. The summed E-state index contributed by atoms with van der Waals surface area (Å²) in [6.07, 6.45) is 4.15. The minimum Gasteiger partial charge on any atom is -0.375 e. The molecule has 1 heterocycles. The second kappa shape index (κ2) is 4.93. The fourth-order valence-electron chi connectivity index (χ4n) is 1.20. The summed E-state index contributed by atoms with van der Waals surface area (Å²) in [5, 5.41) is 0. The lowest BCUT2D eigenvalue weighted by molar-refractivity contribution is -0.776. The molecule has 3 heteroatoms. The van der Waals surface area contributed by atoms with Gasteiger partial charge >= 0.3 is 0 Å². The van der Waals surface area contributed by atoms with Crippen molar-refractivity contribution in [3.8, 4) is 0 Å². The number of nitrogens with zero attached hydrogens (tertiary/aromatic N) is 2. The Balaban J connectivity index is 2.39. The van der Waals surface area contributed by atoms with Gasteiger partial charge in [0.05, 0.1) is 12.7 Å². The van der Waals surface area contributed by atoms with E-state index in [1.54, 1.807) is 0 Å². The highest BCUT2D eigenvalue weighted by Gasteiger charge is 2.04. The van der Waals surface area contributed by atoms with E-state index >= 15 is 0 Å². The smallest absolute Gasteiger partial charge is 0.195 e. The number of aromatic nitrogens is 2. The summed E-state index contributed by atoms with van der Waals surface area (Å²) < 4.78 is 9.60. The van der Waals surface area contributed by atoms with E-state index in [1.807, 2.05) is 6.92 Å². The third-order valence-corrected chi connectivity index (χ3v) is 1.84. The molecule has 0 spiro atoms. The van der Waals surface area contributed by atoms with Gasteiger partial charge in [-0.3, -0.25) is 0 Å². The molecule has 0 aliphatic heterocycles. The molecule has 0 aromatic carbocycles. The van der Waals surface area contributed by atoms with E-state index in [0.717, 1.165) is 26.3 Å². The van der Waals surface area contributed by atoms with Crippen molar-refractivity contribution in [2.75, 3.05) is 13.2 Å². The molecule has 0 saturated heterocycles. The topological polar surface area (TPSA) is 18.0 Å². The Kier molecular flexibility index (Phi) is 3.80. The van der Waals surface area contributed by atoms with Crippen LogP contribution in [0.15, 0.2) is 18.5 Å². The molecule has 0 aliphatic carbocycles. The lowest BCUT2D eigenvalue weighted by Crippen LogP contribution is -2.43. The summed E-state index contributed by atoms with van der Waals surface area (Å²) in [6, 6.07) is 2.05. The molecular formula is C9H17N2O+. The average molecular weight is 169 g/mol. The highest BCUT2D eigenvalue weighted by atomic mass is 16.5. The van der Waals surface area contributed by atoms with E-state index in [1.165, 1.54) is 0 Å². The van der Waals surface area contributed by atoms with Gasteiger partial charge in [0.25, 0.3) is 0 Å². The summed E-state index contributed by atoms with van der Waals surface area (Å²) >= 11 is 0. The Morgan fingerprint density at radius 1 is 1.42 bits per heavy atom. The fraction of sp³-hybridized carbons (Fsp3) is 0.667. The zero-order valence-corrected chi connectivity index (χ0v) is 7.86. The van der Waals surface area contributed by atoms with Crippen LogP contribution >= 0.6 is 0 Å². The Labute approximate surface area is 73.6 Å². The van der Waals surface area contributed by atoms with Crippen LogP contribution in [-0.2, 0) is 17.8 Å². The first kappa shape index (κ1) is 9.26. The van der Waals surface area contributed by atoms with Crippen molar-refractivity contribution >= 4 is 0 Å². The molecule has 0 atom stereocenters. The minimum absolute atomic E-state index is 0.797. The van der Waals surface area contributed by atoms with E-state index < -0.39 is 0 Å². The minimum atomic E-state index is 0.797. The molecule has 0 radical (unpaired) electrons. The number of aryl methyl sites for hydroxylation is 1. The van der Waals surface area contributed by atoms with Crippen LogP contribution in [0.3, 0.4) is 0 Å². The first-order chi connectivity index (χ1) is 5.88. The van der Waals surface area contributed by atoms with Crippen molar-refractivity contribution in [2.45, 2.75) is 26.9 Å². The summed E-state index contributed by atoms with van der Waals surface area (Å²) in [5.74, 6) is 0. The summed E-state index contributed by atoms with van der Waals surface area (Å²) in [5.41, 5.74) is 0. The molecule has 68 valence electrons. The van der Waals surface area contributed by atoms with Gasteiger partial charge in [0.1, 0.15) is 6.61 Å². The molecule has 0 amide bonds. The summed E-state index contributed by atoms with van der Waals surface area (Å²) in [6.45, 7) is 7.70. The summed E-state index contributed by atoms with van der Waals surface area (Å²) in [7, 11) is 0. The van der Waals surface area contributed by atoms with Crippen LogP contribution in [0, 0.1) is 0 Å². The van der Waals surface area contributed by atoms with Gasteiger partial charge in [-0.05, 0) is 13.8 Å². The highest BCUT2D eigenvalue weighted by Crippen LogP contribution is 1.82. The zero-order chi connectivity index (χ0) is 8.81. The number of rotatable bonds is 5. The molecule has 0 fully saturated rings. The van der Waals surface area contributed by atoms with Gasteiger partial charge in [-0.15, -0.1) is 4.68 Å². The van der Waals surface area contributed by atoms with Crippen molar-refractivity contribution in [1.82, 2.24) is 4.68 Å². The molecule has 3 nitrogen and oxygen atoms in total. The van der Waals surface area contributed by atoms with Gasteiger partial charge in [0.2, 0.25) is 0 Å². The third kappa shape index (κ3) is 2.34. The maximum atomic E-state index is 5.27. The Morgan fingerprint density at radius 2 is 2.25 bits per heavy atom. The second-order valence-corrected chi connectivity index (χ2v) is 2.61. The van der Waals surface area contributed by atoms with Crippen molar-refractivity contribution in [2.24, 2.45) is 0 Å². The number of hydrogen-bond donors (Lipinski definition) is 0. The van der Waals surface area contributed by atoms with Gasteiger partial charge in [-0.1, -0.05) is 0 Å². The first-order valence-corrected chi connectivity index (χ1v) is 4.51. The van der Waals surface area contributed by atoms with E-state index in [-0.39, 0.29) is 0 Å². The van der Waals surface area contributed by atoms with Crippen LogP contribution in [0.2, 0.25) is 0 Å². The maximum absolute atomic E-state index is 5.27. The van der Waals surface area contributed by atoms with Gasteiger partial charge < -0.3 is 4.74 Å². The van der Waals surface area contributed by atoms with Gasteiger partial charge in [-0.2, -0.15) is 4.68 Å². The van der Waals surface area contributed by atoms with Crippen LogP contribution in [0.5, 0.6) is 0 Å². The predicted octanol–water partition coefficient (Wildman–Crippen LogP) is 0.832. The molecule has 0 aliphatic rings. The van der Waals surface area contributed by atoms with Crippen LogP contribution in [0.4, 0.5) is 0 Å². The fourth-order valence-corrected chi connectivity index (χ4v) is 1.20. The Bertz CT molecular complexity index is 220. The van der Waals surface area contributed by atoms with Crippen LogP contribution in [-0.4, -0.2) is 17.9 Å². The summed E-state index contributed by atoms with van der Waals surface area (Å²) in [4.78, 5) is 0. The van der Waals surface area contributed by atoms with Gasteiger partial charge in [-0.25, -0.2) is 0 Å². The van der Waals surface area contributed by atoms with Crippen LogP contribution < -0.4 is 4.68 Å². The lowest BCUT2D eigenvalue weighted by Gasteiger charge is -1.99. The van der Waals surface area contributed by atoms with Crippen LogP contribution in [0.1, 0.15) is 13.8 Å². The molecule has 0 bridgehead atoms. The standard InChI is InChI=1S/C9H17N2O/c1-3-10-6-5-7-11(10)8-9-12-4-2/h5-7H,3-4,8-9H2,1-2H3/q+1. The van der Waals surface area contributed by atoms with Crippen molar-refractivity contribution in [1.29, 1.82) is 0 Å². The highest BCUT2D eigenvalue weighted by molar-refractivity contribution is 4.70. The van der Waals surface area contributed by atoms with E-state index in [4.69, 9.17) is 4.74 Å². The predicted molar refractivity (Wildman–Crippen MR) is 46.8 cm³/mol. The SMILES string of the molecule is CCOCC[n+]1cccn1CC. The van der Waals surface area contributed by atoms with Crippen molar-refractivity contribution in [3.63, 3.8) is 0 Å². The quantitative estimate of drug-likeness (QED) is 0.471. The first-order valence-electron chi connectivity index (χ1n) is 4.51. The van der Waals surface area contributed by atoms with E-state index in [9.17, 15) is 0 Å². The molecular weight excluding hydrogens is 152 g/mol. The second-order valence-electron chi connectivity index (χ2n) is 2.61. The molecule has 0 N–H and O–H groups in total. The van der Waals surface area contributed by atoms with Crippen molar-refractivity contribution in [3.05, 3.63) is 18.5 Å². The molecule has 0 saturated carbocycles. The van der Waals surface area contributed by atoms with Gasteiger partial charge in [0.15, 0.2) is 12.7 Å². The molecule has 1 aromatic heterocycles. The zero-order valence-electron chi connectivity index (χ0n) is 7.86. The van der Waals surface area contributed by atoms with Crippen molar-refractivity contribution < 1.29 is 9.42 Å². The maximum Gasteiger partial charge on any atom is 0.195 e. The molecule has 0 unspecified atom stereocenters. The largest absolute Gasteiger partial charge is 0.375 e. The monoisotopic (exact) mass is 169 g/mol. The molecule has 12 heavy (non-hydrogen) atoms. The third-order valence-electron chi connectivity index (χ3n) is 1.84. The Hall–Kier alpha value is -0.830. The lowest BCUT2D eigenvalue weighted by atomic mass is 10.6. The number of hydrogen-bond acceptors (Lipinski definition) is 1. The normalized spacial score (nSPS) is 10.5. The molecule has 1 rings (SSSR count). The van der Waals surface area contributed by atoms with Gasteiger partial charge in [0, 0.05) is 12.7 Å².